The highest BCUT2D eigenvalue weighted by molar-refractivity contribution is 6.36. The van der Waals surface area contributed by atoms with E-state index in [0.29, 0.717) is 5.56 Å². The molecule has 0 atom stereocenters. The number of rotatable bonds is 2. The molecule has 17 heavy (non-hydrogen) atoms. The van der Waals surface area contributed by atoms with Crippen molar-refractivity contribution in [3.8, 4) is 11.1 Å². The van der Waals surface area contributed by atoms with E-state index in [-0.39, 0.29) is 10.6 Å². The van der Waals surface area contributed by atoms with Crippen molar-refractivity contribution in [2.24, 2.45) is 5.73 Å². The molecule has 2 rings (SSSR count). The summed E-state index contributed by atoms with van der Waals surface area (Å²) in [5.74, 6) is -1.58. The zero-order valence-electron chi connectivity index (χ0n) is 8.78. The van der Waals surface area contributed by atoms with Gasteiger partial charge in [0, 0.05) is 5.56 Å². The van der Waals surface area contributed by atoms with Gasteiger partial charge in [-0.1, -0.05) is 41.9 Å². The Morgan fingerprint density at radius 1 is 1.12 bits per heavy atom. The van der Waals surface area contributed by atoms with Crippen LogP contribution in [0.1, 0.15) is 10.4 Å². The molecule has 0 radical (unpaired) electrons. The first-order valence-corrected chi connectivity index (χ1v) is 5.32. The predicted octanol–water partition coefficient (Wildman–Crippen LogP) is 3.25. The fraction of sp³-hybridized carbons (Fsp3) is 0. The maximum Gasteiger partial charge on any atom is 0.253 e. The zero-order valence-corrected chi connectivity index (χ0v) is 9.54. The van der Waals surface area contributed by atoms with Gasteiger partial charge in [-0.2, -0.15) is 0 Å². The maximum atomic E-state index is 13.4. The van der Waals surface area contributed by atoms with Gasteiger partial charge in [-0.15, -0.1) is 0 Å². The average Bonchev–Trinajstić information content (AvgIpc) is 2.30. The Kier molecular flexibility index (Phi) is 3.11. The molecule has 0 saturated heterocycles. The second kappa shape index (κ2) is 4.55. The lowest BCUT2D eigenvalue weighted by Gasteiger charge is -2.08. The Labute approximate surface area is 103 Å². The van der Waals surface area contributed by atoms with Gasteiger partial charge >= 0.3 is 0 Å². The van der Waals surface area contributed by atoms with Crippen molar-refractivity contribution in [3.05, 3.63) is 58.9 Å². The van der Waals surface area contributed by atoms with Gasteiger partial charge in [0.25, 0.3) is 5.91 Å². The summed E-state index contributed by atoms with van der Waals surface area (Å²) >= 11 is 6.00. The molecule has 4 heteroatoms. The number of benzene rings is 2. The Balaban J connectivity index is 2.66. The molecule has 0 bridgehead atoms. The molecule has 0 aliphatic rings. The number of hydrogen-bond acceptors (Lipinski definition) is 1. The third-order valence-corrected chi connectivity index (χ3v) is 2.81. The molecule has 0 unspecified atom stereocenters. The summed E-state index contributed by atoms with van der Waals surface area (Å²) in [5.41, 5.74) is 6.22. The number of primary amides is 1. The van der Waals surface area contributed by atoms with Crippen molar-refractivity contribution in [3.63, 3.8) is 0 Å². The molecule has 0 fully saturated rings. The Morgan fingerprint density at radius 3 is 2.35 bits per heavy atom. The first-order chi connectivity index (χ1) is 8.11. The van der Waals surface area contributed by atoms with Crippen molar-refractivity contribution in [1.29, 1.82) is 0 Å². The fourth-order valence-electron chi connectivity index (χ4n) is 1.62. The molecule has 0 spiro atoms. The van der Waals surface area contributed by atoms with Crippen LogP contribution in [0, 0.1) is 5.82 Å². The number of carbonyl (C=O) groups excluding carboxylic acids is 1. The SMILES string of the molecule is NC(=O)c1c(F)ccc(-c2ccccc2)c1Cl. The van der Waals surface area contributed by atoms with Crippen LogP contribution in [-0.4, -0.2) is 5.91 Å². The van der Waals surface area contributed by atoms with Crippen LogP contribution >= 0.6 is 11.6 Å². The molecule has 0 saturated carbocycles. The predicted molar refractivity (Wildman–Crippen MR) is 65.4 cm³/mol. The van der Waals surface area contributed by atoms with E-state index in [2.05, 4.69) is 0 Å². The largest absolute Gasteiger partial charge is 0.365 e. The quantitative estimate of drug-likeness (QED) is 0.872. The van der Waals surface area contributed by atoms with Gasteiger partial charge in [-0.3, -0.25) is 4.79 Å². The number of halogens is 2. The molecule has 0 aliphatic carbocycles. The van der Waals surface area contributed by atoms with Crippen molar-refractivity contribution >= 4 is 17.5 Å². The molecule has 2 aromatic rings. The summed E-state index contributed by atoms with van der Waals surface area (Å²) in [6.45, 7) is 0. The average molecular weight is 250 g/mol. The summed E-state index contributed by atoms with van der Waals surface area (Å²) in [7, 11) is 0. The Hall–Kier alpha value is -1.87. The lowest BCUT2D eigenvalue weighted by atomic mass is 10.0. The standard InChI is InChI=1S/C13H9ClFNO/c14-12-9(8-4-2-1-3-5-8)6-7-10(15)11(12)13(16)17/h1-7H,(H2,16,17). The molecule has 1 amide bonds. The number of hydrogen-bond donors (Lipinski definition) is 1. The fourth-order valence-corrected chi connectivity index (χ4v) is 1.97. The third kappa shape index (κ3) is 2.15. The van der Waals surface area contributed by atoms with Crippen LogP contribution in [-0.2, 0) is 0 Å². The highest BCUT2D eigenvalue weighted by Crippen LogP contribution is 2.31. The summed E-state index contributed by atoms with van der Waals surface area (Å²) in [6, 6.07) is 11.9. The summed E-state index contributed by atoms with van der Waals surface area (Å²) < 4.78 is 13.4. The first kappa shape index (κ1) is 11.6. The lowest BCUT2D eigenvalue weighted by molar-refractivity contribution is 0.0996. The van der Waals surface area contributed by atoms with Gasteiger partial charge in [-0.05, 0) is 17.7 Å². The highest BCUT2D eigenvalue weighted by Gasteiger charge is 2.17. The maximum absolute atomic E-state index is 13.4. The second-order valence-electron chi connectivity index (χ2n) is 3.51. The van der Waals surface area contributed by atoms with E-state index in [4.69, 9.17) is 17.3 Å². The molecule has 2 aromatic carbocycles. The lowest BCUT2D eigenvalue weighted by Crippen LogP contribution is -2.14. The van der Waals surface area contributed by atoms with E-state index in [1.807, 2.05) is 30.3 Å². The second-order valence-corrected chi connectivity index (χ2v) is 3.89. The molecule has 0 aromatic heterocycles. The topological polar surface area (TPSA) is 43.1 Å². The van der Waals surface area contributed by atoms with Gasteiger partial charge in [0.2, 0.25) is 0 Å². The monoisotopic (exact) mass is 249 g/mol. The van der Waals surface area contributed by atoms with Crippen LogP contribution in [0.2, 0.25) is 5.02 Å². The van der Waals surface area contributed by atoms with Gasteiger partial charge in [0.15, 0.2) is 0 Å². The van der Waals surface area contributed by atoms with Gasteiger partial charge in [0.1, 0.15) is 5.82 Å². The van der Waals surface area contributed by atoms with E-state index in [1.165, 1.54) is 12.1 Å². The van der Waals surface area contributed by atoms with Crippen molar-refractivity contribution in [2.45, 2.75) is 0 Å². The molecule has 86 valence electrons. The minimum Gasteiger partial charge on any atom is -0.365 e. The first-order valence-electron chi connectivity index (χ1n) is 4.94. The number of carbonyl (C=O) groups is 1. The van der Waals surface area contributed by atoms with Crippen molar-refractivity contribution < 1.29 is 9.18 Å². The minimum atomic E-state index is -0.870. The van der Waals surface area contributed by atoms with E-state index in [9.17, 15) is 9.18 Å². The summed E-state index contributed by atoms with van der Waals surface area (Å²) in [6.07, 6.45) is 0. The van der Waals surface area contributed by atoms with Crippen LogP contribution in [0.25, 0.3) is 11.1 Å². The van der Waals surface area contributed by atoms with Crippen LogP contribution in [0.4, 0.5) is 4.39 Å². The molecule has 2 N–H and O–H groups in total. The van der Waals surface area contributed by atoms with E-state index >= 15 is 0 Å². The molecular formula is C13H9ClFNO. The minimum absolute atomic E-state index is 0.0451. The molecule has 2 nitrogen and oxygen atoms in total. The van der Waals surface area contributed by atoms with Crippen LogP contribution in [0.15, 0.2) is 42.5 Å². The van der Waals surface area contributed by atoms with E-state index in [1.54, 1.807) is 0 Å². The van der Waals surface area contributed by atoms with Crippen molar-refractivity contribution in [2.75, 3.05) is 0 Å². The number of nitrogens with two attached hydrogens (primary N) is 1. The highest BCUT2D eigenvalue weighted by atomic mass is 35.5. The molecule has 0 aliphatic heterocycles. The smallest absolute Gasteiger partial charge is 0.253 e. The summed E-state index contributed by atoms with van der Waals surface area (Å²) in [5, 5.41) is 0.0451. The van der Waals surface area contributed by atoms with E-state index < -0.39 is 11.7 Å². The van der Waals surface area contributed by atoms with Crippen molar-refractivity contribution in [1.82, 2.24) is 0 Å². The van der Waals surface area contributed by atoms with Gasteiger partial charge < -0.3 is 5.73 Å². The Morgan fingerprint density at radius 2 is 1.76 bits per heavy atom. The molecule has 0 heterocycles. The van der Waals surface area contributed by atoms with Gasteiger partial charge in [-0.25, -0.2) is 4.39 Å². The van der Waals surface area contributed by atoms with Crippen LogP contribution in [0.5, 0.6) is 0 Å². The third-order valence-electron chi connectivity index (χ3n) is 2.42. The van der Waals surface area contributed by atoms with Crippen LogP contribution in [0.3, 0.4) is 0 Å². The number of amides is 1. The summed E-state index contributed by atoms with van der Waals surface area (Å²) in [4.78, 5) is 11.1. The van der Waals surface area contributed by atoms with Crippen LogP contribution < -0.4 is 5.73 Å². The zero-order chi connectivity index (χ0) is 12.4. The molecular weight excluding hydrogens is 241 g/mol. The Bertz CT molecular complexity index is 569. The van der Waals surface area contributed by atoms with E-state index in [0.717, 1.165) is 5.56 Å². The van der Waals surface area contributed by atoms with Gasteiger partial charge in [0.05, 0.1) is 10.6 Å². The normalized spacial score (nSPS) is 10.2.